The van der Waals surface area contributed by atoms with Crippen molar-refractivity contribution >= 4 is 35.2 Å². The van der Waals surface area contributed by atoms with E-state index in [0.29, 0.717) is 43.1 Å². The van der Waals surface area contributed by atoms with Crippen molar-refractivity contribution in [2.75, 3.05) is 43.1 Å². The Labute approximate surface area is 314 Å². The Hall–Kier alpha value is -5.54. The first kappa shape index (κ1) is 36.8. The Morgan fingerprint density at radius 3 is 2.52 bits per heavy atom. The van der Waals surface area contributed by atoms with Gasteiger partial charge < -0.3 is 34.1 Å². The number of aldehydes is 1. The highest BCUT2D eigenvalue weighted by molar-refractivity contribution is 6.02. The fourth-order valence-electron chi connectivity index (χ4n) is 7.95. The van der Waals surface area contributed by atoms with Crippen LogP contribution < -0.4 is 15.1 Å². The minimum absolute atomic E-state index is 0.0993. The number of benzene rings is 3. The highest BCUT2D eigenvalue weighted by Gasteiger charge is 2.45. The van der Waals surface area contributed by atoms with Gasteiger partial charge in [-0.05, 0) is 99.5 Å². The molecular formula is C42H45FN6O5. The lowest BCUT2D eigenvalue weighted by Crippen LogP contribution is -2.62. The number of nitriles is 1. The lowest BCUT2D eigenvalue weighted by Gasteiger charge is -2.49. The standard InChI is InChI=1S/C42H45FN6O5/c1-26-8-9-29(38-27(2)46-54-28(38)3)20-36(26)48(32-12-10-31(11-13-32)42(23-44)14-15-42)16-18-53-41(4)24-47(25-41)37-21-33-30(19-34(37)43)22-49(40(33)52)35(7-6-17-50)39(51)45-5/h8-13,17,19-21,35H,6-7,14-16,18,22,24-25H2,1-5H3,(H,45,51). The number of carbonyl (C=O) groups is 3. The van der Waals surface area contributed by atoms with Crippen LogP contribution in [0.3, 0.4) is 0 Å². The molecule has 12 heteroatoms. The van der Waals surface area contributed by atoms with Crippen LogP contribution in [0.5, 0.6) is 0 Å². The zero-order valence-corrected chi connectivity index (χ0v) is 31.4. The minimum Gasteiger partial charge on any atom is -0.370 e. The van der Waals surface area contributed by atoms with Crippen LogP contribution in [0.2, 0.25) is 0 Å². The largest absolute Gasteiger partial charge is 0.370 e. The van der Waals surface area contributed by atoms with Crippen LogP contribution in [0.1, 0.15) is 71.1 Å². The van der Waals surface area contributed by atoms with E-state index in [4.69, 9.17) is 9.26 Å². The first-order valence-corrected chi connectivity index (χ1v) is 18.4. The number of hydrogen-bond donors (Lipinski definition) is 1. The number of aryl methyl sites for hydroxylation is 3. The monoisotopic (exact) mass is 732 g/mol. The third kappa shape index (κ3) is 6.73. The summed E-state index contributed by atoms with van der Waals surface area (Å²) in [5.41, 5.74) is 7.12. The number of rotatable bonds is 14. The van der Waals surface area contributed by atoms with Crippen LogP contribution in [-0.4, -0.2) is 73.1 Å². The van der Waals surface area contributed by atoms with Gasteiger partial charge in [-0.1, -0.05) is 29.4 Å². The Bertz CT molecular complexity index is 2130. The van der Waals surface area contributed by atoms with E-state index in [1.807, 2.05) is 25.7 Å². The van der Waals surface area contributed by atoms with Crippen LogP contribution in [0.4, 0.5) is 21.5 Å². The molecule has 11 nitrogen and oxygen atoms in total. The van der Waals surface area contributed by atoms with Gasteiger partial charge >= 0.3 is 0 Å². The first-order valence-electron chi connectivity index (χ1n) is 18.4. The summed E-state index contributed by atoms with van der Waals surface area (Å²) >= 11 is 0. The summed E-state index contributed by atoms with van der Waals surface area (Å²) in [6.07, 6.45) is 2.79. The Kier molecular flexibility index (Phi) is 9.79. The van der Waals surface area contributed by atoms with Crippen LogP contribution in [0.25, 0.3) is 11.1 Å². The van der Waals surface area contributed by atoms with E-state index < -0.39 is 17.5 Å². The van der Waals surface area contributed by atoms with Gasteiger partial charge in [0.1, 0.15) is 29.5 Å². The van der Waals surface area contributed by atoms with Crippen molar-refractivity contribution in [2.45, 2.75) is 77.0 Å². The normalized spacial score (nSPS) is 17.0. The number of fused-ring (bicyclic) bond motifs is 1. The van der Waals surface area contributed by atoms with Gasteiger partial charge in [-0.25, -0.2) is 4.39 Å². The molecular weight excluding hydrogens is 687 g/mol. The van der Waals surface area contributed by atoms with Crippen molar-refractivity contribution in [2.24, 2.45) is 0 Å². The molecule has 1 N–H and O–H groups in total. The van der Waals surface area contributed by atoms with Crippen LogP contribution in [0.15, 0.2) is 59.1 Å². The summed E-state index contributed by atoms with van der Waals surface area (Å²) in [4.78, 5) is 42.6. The number of amides is 2. The highest BCUT2D eigenvalue weighted by Crippen LogP contribution is 2.48. The number of ether oxygens (including phenoxy) is 1. The molecule has 1 saturated carbocycles. The van der Waals surface area contributed by atoms with E-state index in [1.165, 1.54) is 18.0 Å². The van der Waals surface area contributed by atoms with Crippen molar-refractivity contribution in [3.63, 3.8) is 0 Å². The van der Waals surface area contributed by atoms with Gasteiger partial charge in [0.25, 0.3) is 5.91 Å². The molecule has 3 aliphatic rings. The lowest BCUT2D eigenvalue weighted by atomic mass is 9.94. The zero-order chi connectivity index (χ0) is 38.4. The molecule has 1 saturated heterocycles. The number of hydrogen-bond acceptors (Lipinski definition) is 9. The van der Waals surface area contributed by atoms with E-state index >= 15 is 4.39 Å². The number of carbonyl (C=O) groups excluding carboxylic acids is 3. The molecule has 1 unspecified atom stereocenters. The number of nitrogens with zero attached hydrogens (tertiary/aromatic N) is 5. The molecule has 1 aromatic heterocycles. The Morgan fingerprint density at radius 2 is 1.89 bits per heavy atom. The molecule has 280 valence electrons. The fourth-order valence-corrected chi connectivity index (χ4v) is 7.95. The second-order valence-corrected chi connectivity index (χ2v) is 15.0. The molecule has 2 amide bonds. The van der Waals surface area contributed by atoms with E-state index in [0.717, 1.165) is 64.2 Å². The number of likely N-dealkylation sites (N-methyl/N-ethyl adjacent to an activating group) is 1. The van der Waals surface area contributed by atoms with Crippen molar-refractivity contribution in [3.8, 4) is 17.2 Å². The molecule has 1 aliphatic carbocycles. The van der Waals surface area contributed by atoms with E-state index in [9.17, 15) is 19.6 Å². The maximum Gasteiger partial charge on any atom is 0.255 e. The smallest absolute Gasteiger partial charge is 0.255 e. The van der Waals surface area contributed by atoms with E-state index in [2.05, 4.69) is 70.8 Å². The molecule has 7 rings (SSSR count). The lowest BCUT2D eigenvalue weighted by molar-refractivity contribution is -0.125. The average molecular weight is 733 g/mol. The van der Waals surface area contributed by atoms with Crippen LogP contribution >= 0.6 is 0 Å². The van der Waals surface area contributed by atoms with Gasteiger partial charge in [0.05, 0.1) is 29.5 Å². The molecule has 1 atom stereocenters. The van der Waals surface area contributed by atoms with Crippen LogP contribution in [-0.2, 0) is 26.3 Å². The predicted octanol–water partition coefficient (Wildman–Crippen LogP) is 6.44. The van der Waals surface area contributed by atoms with Crippen molar-refractivity contribution in [3.05, 3.63) is 94.1 Å². The van der Waals surface area contributed by atoms with Gasteiger partial charge in [0.15, 0.2) is 0 Å². The molecule has 4 aromatic rings. The molecule has 0 spiro atoms. The maximum absolute atomic E-state index is 15.6. The summed E-state index contributed by atoms with van der Waals surface area (Å²) < 4.78 is 27.6. The number of aromatic nitrogens is 1. The van der Waals surface area contributed by atoms with Gasteiger partial charge in [-0.3, -0.25) is 9.59 Å². The number of anilines is 3. The van der Waals surface area contributed by atoms with Crippen molar-refractivity contribution in [1.82, 2.24) is 15.4 Å². The van der Waals surface area contributed by atoms with E-state index in [-0.39, 0.29) is 36.6 Å². The average Bonchev–Trinajstić information content (AvgIpc) is 3.80. The first-order chi connectivity index (χ1) is 25.9. The molecule has 0 bridgehead atoms. The Morgan fingerprint density at radius 1 is 1.15 bits per heavy atom. The molecule has 0 radical (unpaired) electrons. The maximum atomic E-state index is 15.6. The SMILES string of the molecule is CNC(=O)C(CCC=O)N1Cc2cc(F)c(N3CC(C)(OCCN(c4ccc(C5(C#N)CC5)cc4)c4cc(-c5c(C)noc5C)ccc4C)C3)cc2C1=O. The van der Waals surface area contributed by atoms with E-state index in [1.54, 1.807) is 6.07 Å². The predicted molar refractivity (Wildman–Crippen MR) is 202 cm³/mol. The van der Waals surface area contributed by atoms with Gasteiger partial charge in [0, 0.05) is 62.1 Å². The topological polar surface area (TPSA) is 132 Å². The molecule has 54 heavy (non-hydrogen) atoms. The Balaban J connectivity index is 1.07. The van der Waals surface area contributed by atoms with Gasteiger partial charge in [-0.15, -0.1) is 0 Å². The quantitative estimate of drug-likeness (QED) is 0.146. The zero-order valence-electron chi connectivity index (χ0n) is 31.4. The van der Waals surface area contributed by atoms with Crippen LogP contribution in [0, 0.1) is 37.9 Å². The summed E-state index contributed by atoms with van der Waals surface area (Å²) in [7, 11) is 1.49. The summed E-state index contributed by atoms with van der Waals surface area (Å²) in [5.74, 6) is -0.409. The molecule has 3 heterocycles. The van der Waals surface area contributed by atoms with Gasteiger partial charge in [-0.2, -0.15) is 5.26 Å². The van der Waals surface area contributed by atoms with Crippen molar-refractivity contribution < 1.29 is 28.0 Å². The van der Waals surface area contributed by atoms with Crippen molar-refractivity contribution in [1.29, 1.82) is 5.26 Å². The second-order valence-electron chi connectivity index (χ2n) is 15.0. The summed E-state index contributed by atoms with van der Waals surface area (Å²) in [5, 5.41) is 16.5. The number of nitrogens with one attached hydrogen (secondary N) is 1. The molecule has 3 aromatic carbocycles. The third-order valence-electron chi connectivity index (χ3n) is 11.2. The molecule has 2 fully saturated rings. The van der Waals surface area contributed by atoms with Gasteiger partial charge in [0.2, 0.25) is 5.91 Å². The number of halogens is 1. The summed E-state index contributed by atoms with van der Waals surface area (Å²) in [6.45, 7) is 9.77. The summed E-state index contributed by atoms with van der Waals surface area (Å²) in [6, 6.07) is 19.2. The second kappa shape index (κ2) is 14.4. The fraction of sp³-hybridized carbons (Fsp3) is 0.405. The highest BCUT2D eigenvalue weighted by atomic mass is 19.1. The minimum atomic E-state index is -0.820. The molecule has 2 aliphatic heterocycles. The third-order valence-corrected chi connectivity index (χ3v) is 11.2.